The summed E-state index contributed by atoms with van der Waals surface area (Å²) < 4.78 is 17.0. The highest BCUT2D eigenvalue weighted by molar-refractivity contribution is 5.71. The lowest BCUT2D eigenvalue weighted by Gasteiger charge is -2.18. The Hall–Kier alpha value is -2.89. The van der Waals surface area contributed by atoms with Crippen molar-refractivity contribution in [3.05, 3.63) is 60.8 Å². The summed E-state index contributed by atoms with van der Waals surface area (Å²) in [4.78, 5) is 38.4. The number of rotatable bonds is 68. The fraction of sp³-hybridized carbons (Fsp3) is 0.831. The number of allylic oxidation sites excluding steroid dienone is 10. The van der Waals surface area contributed by atoms with Crippen LogP contribution in [0.15, 0.2) is 60.8 Å². The van der Waals surface area contributed by atoms with Gasteiger partial charge in [-0.2, -0.15) is 0 Å². The van der Waals surface area contributed by atoms with Crippen LogP contribution in [0.5, 0.6) is 0 Å². The molecule has 0 saturated carbocycles. The van der Waals surface area contributed by atoms with E-state index < -0.39 is 6.10 Å². The maximum absolute atomic E-state index is 12.9. The number of unbranched alkanes of at least 4 members (excludes halogenated alkanes) is 47. The molecule has 0 fully saturated rings. The van der Waals surface area contributed by atoms with E-state index in [0.29, 0.717) is 19.3 Å². The highest BCUT2D eigenvalue weighted by Crippen LogP contribution is 2.18. The van der Waals surface area contributed by atoms with Gasteiger partial charge in [-0.25, -0.2) is 0 Å². The molecule has 83 heavy (non-hydrogen) atoms. The fourth-order valence-electron chi connectivity index (χ4n) is 10.9. The third-order valence-corrected chi connectivity index (χ3v) is 16.4. The lowest BCUT2D eigenvalue weighted by atomic mass is 10.0. The van der Waals surface area contributed by atoms with Crippen LogP contribution in [-0.4, -0.2) is 37.2 Å². The Morgan fingerprint density at radius 3 is 0.723 bits per heavy atom. The van der Waals surface area contributed by atoms with E-state index >= 15 is 0 Å². The normalized spacial score (nSPS) is 12.4. The van der Waals surface area contributed by atoms with E-state index in [-0.39, 0.29) is 31.1 Å². The van der Waals surface area contributed by atoms with Gasteiger partial charge in [0.05, 0.1) is 0 Å². The molecule has 0 rings (SSSR count). The van der Waals surface area contributed by atoms with Crippen molar-refractivity contribution in [2.45, 2.75) is 399 Å². The van der Waals surface area contributed by atoms with Crippen molar-refractivity contribution in [3.8, 4) is 0 Å². The van der Waals surface area contributed by atoms with E-state index in [1.54, 1.807) is 0 Å². The molecule has 0 aliphatic rings. The van der Waals surface area contributed by atoms with Gasteiger partial charge >= 0.3 is 17.9 Å². The Bertz CT molecular complexity index is 1470. The Balaban J connectivity index is 4.14. The minimum atomic E-state index is -0.780. The largest absolute Gasteiger partial charge is 0.462 e. The molecule has 0 bridgehead atoms. The summed E-state index contributed by atoms with van der Waals surface area (Å²) in [6, 6.07) is 0. The highest BCUT2D eigenvalue weighted by Gasteiger charge is 2.19. The second kappa shape index (κ2) is 71.6. The van der Waals surface area contributed by atoms with Crippen molar-refractivity contribution < 1.29 is 28.6 Å². The van der Waals surface area contributed by atoms with Gasteiger partial charge in [-0.3, -0.25) is 14.4 Å². The number of ether oxygens (including phenoxy) is 3. The first-order valence-corrected chi connectivity index (χ1v) is 36.8. The summed E-state index contributed by atoms with van der Waals surface area (Å²) in [5, 5.41) is 0. The molecule has 0 aromatic heterocycles. The molecule has 0 saturated heterocycles. The zero-order valence-electron chi connectivity index (χ0n) is 55.7. The zero-order chi connectivity index (χ0) is 59.9. The van der Waals surface area contributed by atoms with Gasteiger partial charge in [0.1, 0.15) is 13.2 Å². The average Bonchev–Trinajstić information content (AvgIpc) is 3.49. The van der Waals surface area contributed by atoms with E-state index in [1.807, 2.05) is 0 Å². The van der Waals surface area contributed by atoms with Crippen LogP contribution in [0.3, 0.4) is 0 Å². The standard InChI is InChI=1S/C77H140O6/c1-4-7-10-13-16-19-22-25-27-29-31-32-33-34-35-36-37-38-39-40-41-42-43-44-46-47-49-52-55-58-61-64-67-70-76(79)82-73-74(72-81-75(78)69-66-63-60-57-54-51-24-21-18-15-12-9-6-3)83-77(80)71-68-65-62-59-56-53-50-48-45-30-28-26-23-20-17-14-11-8-5-2/h12,15,21-22,24-26,28-29,31,74H,4-11,13-14,16-20,23,27,30,32-73H2,1-3H3/b15-12-,24-21-,25-22-,28-26-,31-29-. The Kier molecular flexibility index (Phi) is 69.1. The molecule has 0 aliphatic heterocycles. The second-order valence-corrected chi connectivity index (χ2v) is 24.8. The number of carbonyl (C=O) groups is 3. The maximum atomic E-state index is 12.9. The van der Waals surface area contributed by atoms with Crippen molar-refractivity contribution >= 4 is 17.9 Å². The second-order valence-electron chi connectivity index (χ2n) is 24.8. The number of carbonyl (C=O) groups excluding carboxylic acids is 3. The molecule has 0 radical (unpaired) electrons. The van der Waals surface area contributed by atoms with Crippen molar-refractivity contribution in [1.82, 2.24) is 0 Å². The van der Waals surface area contributed by atoms with Gasteiger partial charge in [-0.1, -0.05) is 332 Å². The molecule has 6 nitrogen and oxygen atoms in total. The van der Waals surface area contributed by atoms with Crippen LogP contribution in [0.2, 0.25) is 0 Å². The molecule has 0 aromatic rings. The quantitative estimate of drug-likeness (QED) is 0.0261. The Labute approximate surface area is 517 Å². The van der Waals surface area contributed by atoms with Crippen molar-refractivity contribution in [1.29, 1.82) is 0 Å². The molecule has 1 atom stereocenters. The fourth-order valence-corrected chi connectivity index (χ4v) is 10.9. The molecule has 6 heteroatoms. The van der Waals surface area contributed by atoms with Crippen LogP contribution >= 0.6 is 0 Å². The maximum Gasteiger partial charge on any atom is 0.306 e. The van der Waals surface area contributed by atoms with Crippen LogP contribution in [0.1, 0.15) is 393 Å². The summed E-state index contributed by atoms with van der Waals surface area (Å²) in [7, 11) is 0. The Morgan fingerprint density at radius 2 is 0.458 bits per heavy atom. The molecule has 1 unspecified atom stereocenters. The van der Waals surface area contributed by atoms with Crippen molar-refractivity contribution in [2.24, 2.45) is 0 Å². The third kappa shape index (κ3) is 69.8. The van der Waals surface area contributed by atoms with Gasteiger partial charge in [-0.05, 0) is 103 Å². The molecule has 0 aliphatic carbocycles. The van der Waals surface area contributed by atoms with Gasteiger partial charge in [0, 0.05) is 19.3 Å². The van der Waals surface area contributed by atoms with E-state index in [4.69, 9.17) is 14.2 Å². The molecule has 0 N–H and O–H groups in total. The minimum absolute atomic E-state index is 0.0754. The summed E-state index contributed by atoms with van der Waals surface area (Å²) in [6.07, 6.45) is 92.7. The smallest absolute Gasteiger partial charge is 0.306 e. The first kappa shape index (κ1) is 80.1. The van der Waals surface area contributed by atoms with Gasteiger partial charge in [0.2, 0.25) is 0 Å². The van der Waals surface area contributed by atoms with Crippen LogP contribution in [0, 0.1) is 0 Å². The molecule has 0 amide bonds. The highest BCUT2D eigenvalue weighted by atomic mass is 16.6. The van der Waals surface area contributed by atoms with Crippen LogP contribution in [-0.2, 0) is 28.6 Å². The number of esters is 3. The topological polar surface area (TPSA) is 78.9 Å². The predicted molar refractivity (Wildman–Crippen MR) is 362 cm³/mol. The van der Waals surface area contributed by atoms with Crippen LogP contribution < -0.4 is 0 Å². The minimum Gasteiger partial charge on any atom is -0.462 e. The number of hydrogen-bond acceptors (Lipinski definition) is 6. The van der Waals surface area contributed by atoms with E-state index in [0.717, 1.165) is 89.9 Å². The lowest BCUT2D eigenvalue weighted by Crippen LogP contribution is -2.30. The van der Waals surface area contributed by atoms with E-state index in [9.17, 15) is 14.4 Å². The van der Waals surface area contributed by atoms with E-state index in [2.05, 4.69) is 81.5 Å². The summed E-state index contributed by atoms with van der Waals surface area (Å²) in [6.45, 7) is 6.61. The predicted octanol–water partition coefficient (Wildman–Crippen LogP) is 25.5. The molecule has 484 valence electrons. The van der Waals surface area contributed by atoms with E-state index in [1.165, 1.54) is 263 Å². The van der Waals surface area contributed by atoms with Gasteiger partial charge in [-0.15, -0.1) is 0 Å². The summed E-state index contributed by atoms with van der Waals surface area (Å²) >= 11 is 0. The first-order valence-electron chi connectivity index (χ1n) is 36.8. The average molecular weight is 1160 g/mol. The number of hydrogen-bond donors (Lipinski definition) is 0. The van der Waals surface area contributed by atoms with Crippen molar-refractivity contribution in [3.63, 3.8) is 0 Å². The Morgan fingerprint density at radius 1 is 0.241 bits per heavy atom. The molecular formula is C77H140O6. The summed E-state index contributed by atoms with van der Waals surface area (Å²) in [5.74, 6) is -0.869. The van der Waals surface area contributed by atoms with Gasteiger partial charge < -0.3 is 14.2 Å². The molecular weight excluding hydrogens is 1020 g/mol. The zero-order valence-corrected chi connectivity index (χ0v) is 55.7. The molecule has 0 aromatic carbocycles. The SMILES string of the molecule is CCC/C=C\C/C=C\CCCCCCCC(=O)OCC(COC(=O)CCCCCCCCCCCCCCCCCCCCCCC/C=C\C/C=C\CCCCCCC)OC(=O)CCCCCCCCCCC/C=C\CCCCCCCC. The van der Waals surface area contributed by atoms with Gasteiger partial charge in [0.15, 0.2) is 6.10 Å². The van der Waals surface area contributed by atoms with Gasteiger partial charge in [0.25, 0.3) is 0 Å². The third-order valence-electron chi connectivity index (χ3n) is 16.4. The molecule has 0 heterocycles. The monoisotopic (exact) mass is 1160 g/mol. The summed E-state index contributed by atoms with van der Waals surface area (Å²) in [5.41, 5.74) is 0. The first-order chi connectivity index (χ1) is 41.0. The lowest BCUT2D eigenvalue weighted by molar-refractivity contribution is -0.167. The molecule has 0 spiro atoms. The van der Waals surface area contributed by atoms with Crippen LogP contribution in [0.4, 0.5) is 0 Å². The van der Waals surface area contributed by atoms with Crippen LogP contribution in [0.25, 0.3) is 0 Å². The van der Waals surface area contributed by atoms with Crippen molar-refractivity contribution in [2.75, 3.05) is 13.2 Å².